The first kappa shape index (κ1) is 31.6. The van der Waals surface area contributed by atoms with E-state index in [0.717, 1.165) is 71.9 Å². The molecule has 1 aliphatic carbocycles. The molecule has 2 aliphatic rings. The molecule has 1 saturated heterocycles. The number of nitrogens with one attached hydrogen (secondary N) is 2. The Labute approximate surface area is 265 Å². The molecule has 3 aromatic carbocycles. The number of H-pyrrole nitrogens is 1. The summed E-state index contributed by atoms with van der Waals surface area (Å²) < 4.78 is 24.0. The van der Waals surface area contributed by atoms with Gasteiger partial charge in [-0.15, -0.1) is 0 Å². The lowest BCUT2D eigenvalue weighted by molar-refractivity contribution is -0.0316. The van der Waals surface area contributed by atoms with E-state index in [0.29, 0.717) is 43.8 Å². The van der Waals surface area contributed by atoms with Crippen molar-refractivity contribution >= 4 is 21.8 Å². The number of aromatic nitrogens is 1. The average molecular weight is 618 g/mol. The maximum atomic E-state index is 10.5. The Kier molecular flexibility index (Phi) is 10.8. The van der Waals surface area contributed by atoms with E-state index in [9.17, 15) is 10.2 Å². The summed E-state index contributed by atoms with van der Waals surface area (Å²) >= 11 is 0. The third-order valence-electron chi connectivity index (χ3n) is 9.12. The number of para-hydroxylation sites is 1. The number of aliphatic hydroxyl groups is 2. The largest absolute Gasteiger partial charge is 0.493 e. The van der Waals surface area contributed by atoms with Crippen LogP contribution < -0.4 is 19.5 Å². The SMILES string of the molecule is COc1cc(CCO[C@@H]2CCCC[C@H]2N2CCC(O)C2)ccc1OCCNC[C@@H](O)COc1cccc2[nH]c3ccccc3c12. The minimum absolute atomic E-state index is 0.189. The van der Waals surface area contributed by atoms with Crippen molar-refractivity contribution in [2.24, 2.45) is 0 Å². The highest BCUT2D eigenvalue weighted by molar-refractivity contribution is 6.10. The first-order valence-electron chi connectivity index (χ1n) is 16.4. The zero-order chi connectivity index (χ0) is 31.0. The van der Waals surface area contributed by atoms with Gasteiger partial charge in [0.05, 0.1) is 31.4 Å². The molecule has 0 spiro atoms. The molecule has 0 radical (unpaired) electrons. The van der Waals surface area contributed by atoms with Crippen LogP contribution in [0, 0.1) is 0 Å². The van der Waals surface area contributed by atoms with Gasteiger partial charge < -0.3 is 39.5 Å². The maximum Gasteiger partial charge on any atom is 0.161 e. The van der Waals surface area contributed by atoms with Gasteiger partial charge in [0.1, 0.15) is 25.1 Å². The standard InChI is InChI=1S/C36H47N3O6/c1-42-35-21-25(16-19-43-32-11-5-4-10-31(32)39-18-15-26(40)23-39)13-14-33(35)44-20-17-37-22-27(41)24-45-34-12-6-9-30-36(34)28-7-2-3-8-29(28)38-30/h2-3,6-9,12-14,21,26-27,31-32,37-38,40-41H,4-5,10-11,15-20,22-24H2,1H3/t26?,27-,31-,32-/m1/s1. The lowest BCUT2D eigenvalue weighted by Crippen LogP contribution is -2.46. The van der Waals surface area contributed by atoms with E-state index in [1.165, 1.54) is 12.8 Å². The normalized spacial score (nSPS) is 21.4. The predicted octanol–water partition coefficient (Wildman–Crippen LogP) is 4.67. The maximum absolute atomic E-state index is 10.5. The molecule has 2 heterocycles. The topological polar surface area (TPSA) is 108 Å². The van der Waals surface area contributed by atoms with E-state index in [1.54, 1.807) is 7.11 Å². The molecule has 0 amide bonds. The van der Waals surface area contributed by atoms with Crippen molar-refractivity contribution < 1.29 is 29.2 Å². The monoisotopic (exact) mass is 617 g/mol. The molecule has 4 N–H and O–H groups in total. The molecule has 4 atom stereocenters. The molecule has 9 nitrogen and oxygen atoms in total. The summed E-state index contributed by atoms with van der Waals surface area (Å²) in [7, 11) is 1.66. The molecule has 4 aromatic rings. The van der Waals surface area contributed by atoms with E-state index in [1.807, 2.05) is 42.5 Å². The number of rotatable bonds is 15. The summed E-state index contributed by atoms with van der Waals surface area (Å²) in [6.45, 7) is 4.00. The van der Waals surface area contributed by atoms with Crippen LogP contribution in [0.5, 0.6) is 17.2 Å². The number of likely N-dealkylation sites (tertiary alicyclic amines) is 1. The summed E-state index contributed by atoms with van der Waals surface area (Å²) in [5.41, 5.74) is 3.23. The number of aliphatic hydroxyl groups excluding tert-OH is 2. The number of benzene rings is 3. The van der Waals surface area contributed by atoms with Crippen LogP contribution in [0.2, 0.25) is 0 Å². The van der Waals surface area contributed by atoms with Crippen molar-refractivity contribution in [3.63, 3.8) is 0 Å². The van der Waals surface area contributed by atoms with Gasteiger partial charge in [-0.1, -0.05) is 43.2 Å². The van der Waals surface area contributed by atoms with Crippen LogP contribution in [0.25, 0.3) is 21.8 Å². The fraction of sp³-hybridized carbons (Fsp3) is 0.500. The smallest absolute Gasteiger partial charge is 0.161 e. The predicted molar refractivity (Wildman–Crippen MR) is 177 cm³/mol. The third-order valence-corrected chi connectivity index (χ3v) is 9.12. The van der Waals surface area contributed by atoms with Crippen molar-refractivity contribution in [1.29, 1.82) is 0 Å². The second kappa shape index (κ2) is 15.3. The van der Waals surface area contributed by atoms with Gasteiger partial charge in [0, 0.05) is 48.5 Å². The molecule has 2 fully saturated rings. The van der Waals surface area contributed by atoms with Crippen molar-refractivity contribution in [3.05, 3.63) is 66.2 Å². The molecule has 6 rings (SSSR count). The van der Waals surface area contributed by atoms with Crippen LogP contribution in [0.3, 0.4) is 0 Å². The van der Waals surface area contributed by atoms with Crippen LogP contribution >= 0.6 is 0 Å². The first-order chi connectivity index (χ1) is 22.1. The highest BCUT2D eigenvalue weighted by atomic mass is 16.5. The molecular weight excluding hydrogens is 570 g/mol. The summed E-state index contributed by atoms with van der Waals surface area (Å²) in [6, 6.07) is 20.6. The molecular formula is C36H47N3O6. The molecule has 9 heteroatoms. The highest BCUT2D eigenvalue weighted by Gasteiger charge is 2.34. The number of fused-ring (bicyclic) bond motifs is 3. The highest BCUT2D eigenvalue weighted by Crippen LogP contribution is 2.33. The second-order valence-electron chi connectivity index (χ2n) is 12.3. The van der Waals surface area contributed by atoms with Crippen molar-refractivity contribution in [2.45, 2.75) is 62.9 Å². The fourth-order valence-corrected chi connectivity index (χ4v) is 6.81. The number of methoxy groups -OCH3 is 1. The zero-order valence-electron chi connectivity index (χ0n) is 26.2. The van der Waals surface area contributed by atoms with Gasteiger partial charge in [0.25, 0.3) is 0 Å². The second-order valence-corrected chi connectivity index (χ2v) is 12.3. The van der Waals surface area contributed by atoms with Gasteiger partial charge in [-0.3, -0.25) is 4.90 Å². The number of hydrogen-bond donors (Lipinski definition) is 4. The average Bonchev–Trinajstić information content (AvgIpc) is 3.68. The Bertz CT molecular complexity index is 1530. The van der Waals surface area contributed by atoms with Gasteiger partial charge in [-0.25, -0.2) is 0 Å². The summed E-state index contributed by atoms with van der Waals surface area (Å²) in [5, 5.41) is 25.9. The summed E-state index contributed by atoms with van der Waals surface area (Å²) in [6.07, 6.45) is 5.75. The van der Waals surface area contributed by atoms with Gasteiger partial charge >= 0.3 is 0 Å². The molecule has 242 valence electrons. The van der Waals surface area contributed by atoms with Crippen molar-refractivity contribution in [1.82, 2.24) is 15.2 Å². The van der Waals surface area contributed by atoms with Gasteiger partial charge in [0.15, 0.2) is 11.5 Å². The molecule has 1 aliphatic heterocycles. The van der Waals surface area contributed by atoms with Crippen LogP contribution in [0.4, 0.5) is 0 Å². The van der Waals surface area contributed by atoms with Crippen molar-refractivity contribution in [3.8, 4) is 17.2 Å². The summed E-state index contributed by atoms with van der Waals surface area (Å²) in [4.78, 5) is 5.85. The molecule has 45 heavy (non-hydrogen) atoms. The van der Waals surface area contributed by atoms with E-state index >= 15 is 0 Å². The Morgan fingerprint density at radius 3 is 2.67 bits per heavy atom. The van der Waals surface area contributed by atoms with Crippen LogP contribution in [-0.2, 0) is 11.2 Å². The number of nitrogens with zero attached hydrogens (tertiary/aromatic N) is 1. The van der Waals surface area contributed by atoms with Gasteiger partial charge in [0.2, 0.25) is 0 Å². The van der Waals surface area contributed by atoms with Crippen LogP contribution in [0.1, 0.15) is 37.7 Å². The van der Waals surface area contributed by atoms with Gasteiger partial charge in [-0.05, 0) is 61.6 Å². The Morgan fingerprint density at radius 2 is 1.80 bits per heavy atom. The molecule has 0 bridgehead atoms. The number of aromatic amines is 1. The van der Waals surface area contributed by atoms with Crippen molar-refractivity contribution in [2.75, 3.05) is 53.1 Å². The molecule has 1 saturated carbocycles. The minimum Gasteiger partial charge on any atom is -0.493 e. The lowest BCUT2D eigenvalue weighted by Gasteiger charge is -2.37. The number of ether oxygens (including phenoxy) is 4. The number of hydrogen-bond acceptors (Lipinski definition) is 8. The van der Waals surface area contributed by atoms with Crippen LogP contribution in [-0.4, -0.2) is 97.6 Å². The summed E-state index contributed by atoms with van der Waals surface area (Å²) in [5.74, 6) is 2.16. The Hall–Kier alpha value is -3.34. The quantitative estimate of drug-likeness (QED) is 0.143. The Morgan fingerprint density at radius 1 is 0.933 bits per heavy atom. The lowest BCUT2D eigenvalue weighted by atomic mass is 9.91. The zero-order valence-corrected chi connectivity index (χ0v) is 26.2. The third kappa shape index (κ3) is 7.91. The van der Waals surface area contributed by atoms with E-state index < -0.39 is 6.10 Å². The molecule has 1 aromatic heterocycles. The first-order valence-corrected chi connectivity index (χ1v) is 16.4. The van der Waals surface area contributed by atoms with E-state index in [4.69, 9.17) is 18.9 Å². The van der Waals surface area contributed by atoms with E-state index in [-0.39, 0.29) is 18.8 Å². The minimum atomic E-state index is -0.660. The molecule has 1 unspecified atom stereocenters. The van der Waals surface area contributed by atoms with Gasteiger partial charge in [-0.2, -0.15) is 0 Å². The van der Waals surface area contributed by atoms with E-state index in [2.05, 4.69) is 33.4 Å². The Balaban J connectivity index is 0.910. The number of β-amino-alcohol motifs (C(OH)–C–C–N with tert-alkyl or cyclic N) is 1. The van der Waals surface area contributed by atoms with Crippen LogP contribution in [0.15, 0.2) is 60.7 Å². The fourth-order valence-electron chi connectivity index (χ4n) is 6.81.